The van der Waals surface area contributed by atoms with Crippen molar-refractivity contribution in [3.8, 4) is 0 Å². The van der Waals surface area contributed by atoms with Crippen molar-refractivity contribution in [1.29, 1.82) is 0 Å². The van der Waals surface area contributed by atoms with Crippen LogP contribution in [0.1, 0.15) is 36.0 Å². The van der Waals surface area contributed by atoms with E-state index in [1.54, 1.807) is 12.1 Å². The molecule has 2 aromatic carbocycles. The van der Waals surface area contributed by atoms with Gasteiger partial charge in [0.1, 0.15) is 0 Å². The van der Waals surface area contributed by atoms with Crippen molar-refractivity contribution in [2.45, 2.75) is 43.5 Å². The van der Waals surface area contributed by atoms with Crippen LogP contribution in [0.25, 0.3) is 0 Å². The third-order valence-electron chi connectivity index (χ3n) is 5.05. The van der Waals surface area contributed by atoms with Gasteiger partial charge in [-0.15, -0.1) is 0 Å². The summed E-state index contributed by atoms with van der Waals surface area (Å²) < 4.78 is 51.0. The second-order valence-electron chi connectivity index (χ2n) is 7.03. The van der Waals surface area contributed by atoms with Gasteiger partial charge in [-0.3, -0.25) is 4.55 Å². The van der Waals surface area contributed by atoms with Crippen LogP contribution in [0.3, 0.4) is 0 Å². The third-order valence-corrected chi connectivity index (χ3v) is 5.98. The van der Waals surface area contributed by atoms with Gasteiger partial charge in [-0.2, -0.15) is 8.42 Å². The lowest BCUT2D eigenvalue weighted by atomic mass is 9.89. The maximum absolute atomic E-state index is 11.9. The molecule has 1 aliphatic heterocycles. The molecule has 3 rings (SSSR count). The molecule has 152 valence electrons. The molecule has 1 aliphatic rings. The van der Waals surface area contributed by atoms with Gasteiger partial charge >= 0.3 is 0 Å². The molecule has 6 nitrogen and oxygen atoms in total. The Bertz CT molecular complexity index is 888. The molecule has 0 saturated carbocycles. The molecule has 2 aromatic rings. The Kier molecular flexibility index (Phi) is 6.52. The van der Waals surface area contributed by atoms with Crippen LogP contribution in [0.5, 0.6) is 0 Å². The zero-order valence-corrected chi connectivity index (χ0v) is 16.9. The van der Waals surface area contributed by atoms with E-state index in [1.807, 2.05) is 44.2 Å². The number of hydrogen-bond acceptors (Lipinski definition) is 5. The van der Waals surface area contributed by atoms with Crippen LogP contribution >= 0.6 is 0 Å². The van der Waals surface area contributed by atoms with Crippen LogP contribution in [0.15, 0.2) is 53.4 Å². The molecule has 1 N–H and O–H groups in total. The maximum atomic E-state index is 11.9. The summed E-state index contributed by atoms with van der Waals surface area (Å²) in [5.74, 6) is -1.41. The third kappa shape index (κ3) is 4.79. The molecule has 28 heavy (non-hydrogen) atoms. The van der Waals surface area contributed by atoms with Gasteiger partial charge < -0.3 is 14.2 Å². The van der Waals surface area contributed by atoms with Gasteiger partial charge in [0.25, 0.3) is 10.1 Å². The van der Waals surface area contributed by atoms with Crippen LogP contribution < -0.4 is 0 Å². The van der Waals surface area contributed by atoms with Crippen molar-refractivity contribution in [3.63, 3.8) is 0 Å². The molecule has 1 atom stereocenters. The number of hydrogen-bond donors (Lipinski definition) is 1. The summed E-state index contributed by atoms with van der Waals surface area (Å²) in [7, 11) is -4.36. The van der Waals surface area contributed by atoms with E-state index in [2.05, 4.69) is 0 Å². The summed E-state index contributed by atoms with van der Waals surface area (Å²) in [4.78, 5) is -0.116. The first-order valence-corrected chi connectivity index (χ1v) is 10.7. The van der Waals surface area contributed by atoms with E-state index >= 15 is 0 Å². The molecule has 1 fully saturated rings. The Hall–Kier alpha value is -1.77. The standard InChI is InChI=1S/C21H26O6S/c1-16-8-9-20(28(22,23)24)19(14-16)17(2)21(26-12-13-27-21)10-11-25-15-18-6-4-3-5-7-18/h3-9,14,17H,10-13,15H2,1-2H3,(H,22,23,24). The first-order valence-electron chi connectivity index (χ1n) is 9.29. The van der Waals surface area contributed by atoms with Gasteiger partial charge in [0, 0.05) is 12.3 Å². The fourth-order valence-corrected chi connectivity index (χ4v) is 4.31. The van der Waals surface area contributed by atoms with E-state index < -0.39 is 21.8 Å². The van der Waals surface area contributed by atoms with E-state index in [4.69, 9.17) is 14.2 Å². The smallest absolute Gasteiger partial charge is 0.294 e. The highest BCUT2D eigenvalue weighted by Gasteiger charge is 2.44. The van der Waals surface area contributed by atoms with E-state index in [0.29, 0.717) is 38.4 Å². The Balaban J connectivity index is 1.77. The largest absolute Gasteiger partial charge is 0.377 e. The molecule has 7 heteroatoms. The normalized spacial score (nSPS) is 17.5. The molecule has 0 aliphatic carbocycles. The van der Waals surface area contributed by atoms with Crippen molar-refractivity contribution in [1.82, 2.24) is 0 Å². The van der Waals surface area contributed by atoms with Crippen LogP contribution in [-0.2, 0) is 30.9 Å². The van der Waals surface area contributed by atoms with E-state index in [-0.39, 0.29) is 4.90 Å². The maximum Gasteiger partial charge on any atom is 0.294 e. The molecule has 0 radical (unpaired) electrons. The molecule has 0 amide bonds. The second kappa shape index (κ2) is 8.71. The minimum Gasteiger partial charge on any atom is -0.377 e. The minimum absolute atomic E-state index is 0.116. The van der Waals surface area contributed by atoms with Crippen molar-refractivity contribution in [3.05, 3.63) is 65.2 Å². The average molecular weight is 407 g/mol. The second-order valence-corrected chi connectivity index (χ2v) is 8.42. The lowest BCUT2D eigenvalue weighted by Crippen LogP contribution is -2.38. The first-order chi connectivity index (χ1) is 13.3. The molecule has 1 saturated heterocycles. The van der Waals surface area contributed by atoms with Gasteiger partial charge in [0.15, 0.2) is 5.79 Å². The number of ether oxygens (including phenoxy) is 3. The average Bonchev–Trinajstić information content (AvgIpc) is 3.14. The molecular formula is C21H26O6S. The highest BCUT2D eigenvalue weighted by Crippen LogP contribution is 2.40. The van der Waals surface area contributed by atoms with Crippen LogP contribution in [0.4, 0.5) is 0 Å². The van der Waals surface area contributed by atoms with Crippen LogP contribution in [0, 0.1) is 6.92 Å². The zero-order valence-electron chi connectivity index (χ0n) is 16.1. The first kappa shape index (κ1) is 21.0. The monoisotopic (exact) mass is 406 g/mol. The Labute approximate surface area is 166 Å². The SMILES string of the molecule is Cc1ccc(S(=O)(=O)O)c(C(C)C2(CCOCc3ccccc3)OCCO2)c1. The predicted molar refractivity (Wildman–Crippen MR) is 105 cm³/mol. The van der Waals surface area contributed by atoms with E-state index in [1.165, 1.54) is 6.07 Å². The minimum atomic E-state index is -4.36. The van der Waals surface area contributed by atoms with Crippen molar-refractivity contribution in [2.75, 3.05) is 19.8 Å². The fraction of sp³-hybridized carbons (Fsp3) is 0.429. The van der Waals surface area contributed by atoms with Crippen molar-refractivity contribution >= 4 is 10.1 Å². The molecule has 0 bridgehead atoms. The zero-order chi connectivity index (χ0) is 20.2. The quantitative estimate of drug-likeness (QED) is 0.532. The summed E-state index contributed by atoms with van der Waals surface area (Å²) >= 11 is 0. The van der Waals surface area contributed by atoms with Crippen LogP contribution in [-0.4, -0.2) is 38.6 Å². The van der Waals surface area contributed by atoms with Gasteiger partial charge in [-0.25, -0.2) is 0 Å². The summed E-state index contributed by atoms with van der Waals surface area (Å²) in [6.07, 6.45) is 0.444. The van der Waals surface area contributed by atoms with E-state index in [0.717, 1.165) is 11.1 Å². The predicted octanol–water partition coefficient (Wildman–Crippen LogP) is 3.70. The lowest BCUT2D eigenvalue weighted by molar-refractivity contribution is -0.185. The van der Waals surface area contributed by atoms with Gasteiger partial charge in [-0.05, 0) is 24.1 Å². The summed E-state index contributed by atoms with van der Waals surface area (Å²) in [5, 5.41) is 0. The molecule has 0 spiro atoms. The summed E-state index contributed by atoms with van der Waals surface area (Å²) in [6.45, 7) is 5.45. The Morgan fingerprint density at radius 2 is 1.82 bits per heavy atom. The van der Waals surface area contributed by atoms with Crippen LogP contribution in [0.2, 0.25) is 0 Å². The van der Waals surface area contributed by atoms with Gasteiger partial charge in [0.2, 0.25) is 0 Å². The number of rotatable bonds is 8. The van der Waals surface area contributed by atoms with Gasteiger partial charge in [0.05, 0.1) is 31.3 Å². The summed E-state index contributed by atoms with van der Waals surface area (Å²) in [5.41, 5.74) is 2.44. The molecule has 1 unspecified atom stereocenters. The van der Waals surface area contributed by atoms with Crippen molar-refractivity contribution in [2.24, 2.45) is 0 Å². The topological polar surface area (TPSA) is 82.1 Å². The summed E-state index contributed by atoms with van der Waals surface area (Å²) in [6, 6.07) is 14.7. The lowest BCUT2D eigenvalue weighted by Gasteiger charge is -2.34. The molecule has 1 heterocycles. The Morgan fingerprint density at radius 3 is 2.46 bits per heavy atom. The number of aryl methyl sites for hydroxylation is 1. The molecule has 0 aromatic heterocycles. The molecular weight excluding hydrogens is 380 g/mol. The highest BCUT2D eigenvalue weighted by molar-refractivity contribution is 7.85. The van der Waals surface area contributed by atoms with Crippen molar-refractivity contribution < 1.29 is 27.2 Å². The highest BCUT2D eigenvalue weighted by atomic mass is 32.2. The van der Waals surface area contributed by atoms with Gasteiger partial charge in [-0.1, -0.05) is 55.0 Å². The Morgan fingerprint density at radius 1 is 1.14 bits per heavy atom. The van der Waals surface area contributed by atoms with E-state index in [9.17, 15) is 13.0 Å². The number of benzene rings is 2. The fourth-order valence-electron chi connectivity index (χ4n) is 3.54.